The molecule has 0 atom stereocenters. The zero-order chi connectivity index (χ0) is 20.5. The molecular weight excluding hydrogens is 392 g/mol. The summed E-state index contributed by atoms with van der Waals surface area (Å²) in [5.74, 6) is 1.29. The Kier molecular flexibility index (Phi) is 6.88. The molecule has 2 fully saturated rings. The van der Waals surface area contributed by atoms with Gasteiger partial charge in [-0.2, -0.15) is 0 Å². The van der Waals surface area contributed by atoms with Crippen LogP contribution >= 0.6 is 23.5 Å². The highest BCUT2D eigenvalue weighted by atomic mass is 35.5. The van der Waals surface area contributed by atoms with E-state index in [0.717, 1.165) is 49.0 Å². The Labute approximate surface area is 179 Å². The normalized spacial score (nSPS) is 18.6. The van der Waals surface area contributed by atoms with E-state index in [1.165, 1.54) is 23.3 Å². The number of benzene rings is 1. The van der Waals surface area contributed by atoms with Gasteiger partial charge in [-0.1, -0.05) is 11.6 Å². The molecule has 0 aromatic heterocycles. The first-order valence-electron chi connectivity index (χ1n) is 10.3. The van der Waals surface area contributed by atoms with Crippen molar-refractivity contribution in [1.29, 1.82) is 0 Å². The Balaban J connectivity index is 1.67. The Morgan fingerprint density at radius 2 is 1.89 bits per heavy atom. The number of halogens is 1. The summed E-state index contributed by atoms with van der Waals surface area (Å²) in [4.78, 5) is 15.5. The molecule has 1 aliphatic heterocycles. The summed E-state index contributed by atoms with van der Waals surface area (Å²) in [6.45, 7) is 10.4. The van der Waals surface area contributed by atoms with E-state index in [0.29, 0.717) is 5.92 Å². The van der Waals surface area contributed by atoms with E-state index in [4.69, 9.17) is 16.3 Å². The highest BCUT2D eigenvalue weighted by molar-refractivity contribution is 7.97. The van der Waals surface area contributed by atoms with Gasteiger partial charge < -0.3 is 9.64 Å². The minimum absolute atomic E-state index is 0.202. The number of carbonyl (C=O) groups excluding carboxylic acids is 1. The lowest BCUT2D eigenvalue weighted by atomic mass is 9.89. The molecule has 1 aliphatic carbocycles. The van der Waals surface area contributed by atoms with E-state index in [-0.39, 0.29) is 6.09 Å². The van der Waals surface area contributed by atoms with Crippen LogP contribution in [0, 0.1) is 12.8 Å². The molecule has 0 radical (unpaired) electrons. The lowest BCUT2D eigenvalue weighted by molar-refractivity contribution is 0.0204. The predicted octanol–water partition coefficient (Wildman–Crippen LogP) is 6.11. The van der Waals surface area contributed by atoms with Gasteiger partial charge in [0.05, 0.1) is 0 Å². The number of likely N-dealkylation sites (tertiary alicyclic amines) is 1. The first-order chi connectivity index (χ1) is 13.1. The van der Waals surface area contributed by atoms with Gasteiger partial charge in [0.1, 0.15) is 5.60 Å². The van der Waals surface area contributed by atoms with Crippen molar-refractivity contribution in [2.45, 2.75) is 69.8 Å². The van der Waals surface area contributed by atoms with Crippen LogP contribution in [0.1, 0.15) is 63.5 Å². The molecular formula is C22H33ClN2O2S. The predicted molar refractivity (Wildman–Crippen MR) is 117 cm³/mol. The number of carbonyl (C=O) groups is 1. The molecule has 1 heterocycles. The van der Waals surface area contributed by atoms with E-state index < -0.39 is 5.60 Å². The van der Waals surface area contributed by atoms with Crippen LogP contribution in [0.5, 0.6) is 0 Å². The fraction of sp³-hybridized carbons (Fsp3) is 0.682. The zero-order valence-electron chi connectivity index (χ0n) is 17.8. The van der Waals surface area contributed by atoms with E-state index in [1.54, 1.807) is 0 Å². The van der Waals surface area contributed by atoms with Crippen LogP contribution in [0.3, 0.4) is 0 Å². The van der Waals surface area contributed by atoms with Gasteiger partial charge in [0.15, 0.2) is 0 Å². The minimum Gasteiger partial charge on any atom is -0.444 e. The quantitative estimate of drug-likeness (QED) is 0.533. The molecule has 156 valence electrons. The maximum atomic E-state index is 12.3. The summed E-state index contributed by atoms with van der Waals surface area (Å²) >= 11 is 8.32. The van der Waals surface area contributed by atoms with Crippen molar-refractivity contribution in [1.82, 2.24) is 9.21 Å². The molecule has 6 heteroatoms. The van der Waals surface area contributed by atoms with Crippen molar-refractivity contribution in [3.05, 3.63) is 28.3 Å². The number of piperidine rings is 1. The molecule has 0 bridgehead atoms. The number of ether oxygens (including phenoxy) is 1. The van der Waals surface area contributed by atoms with Gasteiger partial charge in [0, 0.05) is 29.6 Å². The van der Waals surface area contributed by atoms with Gasteiger partial charge in [-0.15, -0.1) is 0 Å². The van der Waals surface area contributed by atoms with Crippen LogP contribution in [0.25, 0.3) is 0 Å². The van der Waals surface area contributed by atoms with Crippen LogP contribution in [0.15, 0.2) is 17.0 Å². The van der Waals surface area contributed by atoms with Gasteiger partial charge in [0.2, 0.25) is 0 Å². The number of rotatable bonds is 5. The third-order valence-electron chi connectivity index (χ3n) is 5.34. The van der Waals surface area contributed by atoms with Crippen molar-refractivity contribution < 1.29 is 9.53 Å². The fourth-order valence-electron chi connectivity index (χ4n) is 3.64. The topological polar surface area (TPSA) is 32.8 Å². The number of hydrogen-bond acceptors (Lipinski definition) is 4. The Hall–Kier alpha value is -0.910. The number of nitrogens with zero attached hydrogens (tertiary/aromatic N) is 2. The lowest BCUT2D eigenvalue weighted by Crippen LogP contribution is -2.41. The molecule has 2 aliphatic rings. The van der Waals surface area contributed by atoms with Crippen LogP contribution < -0.4 is 0 Å². The van der Waals surface area contributed by atoms with Gasteiger partial charge in [-0.05, 0) is 107 Å². The molecule has 1 aromatic rings. The molecule has 28 heavy (non-hydrogen) atoms. The van der Waals surface area contributed by atoms with Crippen molar-refractivity contribution in [2.24, 2.45) is 5.92 Å². The highest BCUT2D eigenvalue weighted by Gasteiger charge is 2.29. The molecule has 0 unspecified atom stereocenters. The molecule has 0 N–H and O–H groups in total. The number of aryl methyl sites for hydroxylation is 1. The van der Waals surface area contributed by atoms with E-state index in [1.807, 2.05) is 37.6 Å². The van der Waals surface area contributed by atoms with Gasteiger partial charge in [0.25, 0.3) is 0 Å². The van der Waals surface area contributed by atoms with Crippen LogP contribution in [0.4, 0.5) is 4.79 Å². The summed E-state index contributed by atoms with van der Waals surface area (Å²) in [5.41, 5.74) is 2.00. The minimum atomic E-state index is -0.450. The Morgan fingerprint density at radius 3 is 2.46 bits per heavy atom. The lowest BCUT2D eigenvalue weighted by Gasteiger charge is -2.34. The zero-order valence-corrected chi connectivity index (χ0v) is 19.3. The maximum absolute atomic E-state index is 12.3. The van der Waals surface area contributed by atoms with Gasteiger partial charge in [-0.25, -0.2) is 9.10 Å². The maximum Gasteiger partial charge on any atom is 0.410 e. The summed E-state index contributed by atoms with van der Waals surface area (Å²) in [5, 5.41) is 0.832. The fourth-order valence-corrected chi connectivity index (χ4v) is 4.99. The van der Waals surface area contributed by atoms with Crippen LogP contribution in [-0.2, 0) is 4.74 Å². The van der Waals surface area contributed by atoms with Crippen molar-refractivity contribution in [2.75, 3.05) is 26.7 Å². The average molecular weight is 425 g/mol. The molecule has 1 saturated heterocycles. The van der Waals surface area contributed by atoms with E-state index in [9.17, 15) is 4.79 Å². The first-order valence-corrected chi connectivity index (χ1v) is 11.4. The van der Waals surface area contributed by atoms with E-state index >= 15 is 0 Å². The summed E-state index contributed by atoms with van der Waals surface area (Å²) in [6, 6.07) is 4.38. The third kappa shape index (κ3) is 6.04. The first kappa shape index (κ1) is 21.8. The molecule has 0 spiro atoms. The Bertz CT molecular complexity index is 707. The third-order valence-corrected chi connectivity index (χ3v) is 6.76. The average Bonchev–Trinajstić information content (AvgIpc) is 3.40. The molecule has 3 rings (SSSR count). The highest BCUT2D eigenvalue weighted by Crippen LogP contribution is 2.40. The van der Waals surface area contributed by atoms with Crippen LogP contribution in [-0.4, -0.2) is 47.6 Å². The largest absolute Gasteiger partial charge is 0.444 e. The second-order valence-corrected chi connectivity index (χ2v) is 10.9. The monoisotopic (exact) mass is 424 g/mol. The summed E-state index contributed by atoms with van der Waals surface area (Å²) < 4.78 is 7.89. The van der Waals surface area contributed by atoms with Crippen molar-refractivity contribution in [3.63, 3.8) is 0 Å². The molecule has 4 nitrogen and oxygen atoms in total. The number of hydrogen-bond donors (Lipinski definition) is 0. The van der Waals surface area contributed by atoms with Gasteiger partial charge in [-0.3, -0.25) is 0 Å². The van der Waals surface area contributed by atoms with Crippen molar-refractivity contribution in [3.8, 4) is 0 Å². The standard InChI is InChI=1S/C22H33ClN2O2S/c1-15-12-20(28-24(5)14-16-6-7-16)18(13-19(15)23)17-8-10-25(11-9-17)21(26)27-22(2,3)4/h12-13,16-17H,6-11,14H2,1-5H3. The summed E-state index contributed by atoms with van der Waals surface area (Å²) in [7, 11) is 2.18. The smallest absolute Gasteiger partial charge is 0.410 e. The molecule has 1 amide bonds. The van der Waals surface area contributed by atoms with Gasteiger partial charge >= 0.3 is 6.09 Å². The molecule has 1 saturated carbocycles. The Morgan fingerprint density at radius 1 is 1.25 bits per heavy atom. The second-order valence-electron chi connectivity index (χ2n) is 9.23. The number of amides is 1. The van der Waals surface area contributed by atoms with Crippen LogP contribution in [0.2, 0.25) is 5.02 Å². The SMILES string of the molecule is Cc1cc(SN(C)CC2CC2)c(C2CCN(C(=O)OC(C)(C)C)CC2)cc1Cl. The summed E-state index contributed by atoms with van der Waals surface area (Å²) in [6.07, 6.45) is 4.41. The van der Waals surface area contributed by atoms with Crippen molar-refractivity contribution >= 4 is 29.6 Å². The molecule has 1 aromatic carbocycles. The second kappa shape index (κ2) is 8.85. The van der Waals surface area contributed by atoms with E-state index in [2.05, 4.69) is 30.4 Å².